The van der Waals surface area contributed by atoms with Gasteiger partial charge in [-0.25, -0.2) is 4.39 Å². The van der Waals surface area contributed by atoms with E-state index in [-0.39, 0.29) is 29.8 Å². The van der Waals surface area contributed by atoms with Crippen LogP contribution in [0.2, 0.25) is 0 Å². The van der Waals surface area contributed by atoms with E-state index >= 15 is 0 Å². The minimum absolute atomic E-state index is 0.0158. The molecule has 22 heavy (non-hydrogen) atoms. The highest BCUT2D eigenvalue weighted by atomic mass is 19.1. The van der Waals surface area contributed by atoms with E-state index in [9.17, 15) is 14.3 Å². The Morgan fingerprint density at radius 1 is 1.41 bits per heavy atom. The van der Waals surface area contributed by atoms with Crippen molar-refractivity contribution in [3.63, 3.8) is 0 Å². The summed E-state index contributed by atoms with van der Waals surface area (Å²) >= 11 is 0. The Bertz CT molecular complexity index is 537. The van der Waals surface area contributed by atoms with Gasteiger partial charge in [-0.2, -0.15) is 0 Å². The summed E-state index contributed by atoms with van der Waals surface area (Å²) in [7, 11) is 0. The normalized spacial score (nSPS) is 17.6. The third-order valence-electron chi connectivity index (χ3n) is 4.51. The van der Waals surface area contributed by atoms with Crippen molar-refractivity contribution in [1.82, 2.24) is 5.32 Å². The molecule has 1 amide bonds. The molecule has 1 heterocycles. The van der Waals surface area contributed by atoms with Gasteiger partial charge in [0.15, 0.2) is 0 Å². The van der Waals surface area contributed by atoms with Crippen LogP contribution in [0.25, 0.3) is 0 Å². The molecular weight excluding hydrogens is 283 g/mol. The summed E-state index contributed by atoms with van der Waals surface area (Å²) in [6, 6.07) is 4.57. The molecule has 0 aromatic heterocycles. The SMILES string of the molecule is CC(C)C(C)(O)CNC(=O)c1ccc(N2CCCC2)c(F)c1. The Hall–Kier alpha value is -1.62. The second-order valence-corrected chi connectivity index (χ2v) is 6.55. The van der Waals surface area contributed by atoms with Gasteiger partial charge in [0.1, 0.15) is 5.82 Å². The average Bonchev–Trinajstić information content (AvgIpc) is 2.98. The van der Waals surface area contributed by atoms with Crippen LogP contribution in [-0.2, 0) is 0 Å². The van der Waals surface area contributed by atoms with Crippen molar-refractivity contribution in [3.8, 4) is 0 Å². The standard InChI is InChI=1S/C17H25FN2O2/c1-12(2)17(3,22)11-19-16(21)13-6-7-15(14(18)10-13)20-8-4-5-9-20/h6-7,10,12,22H,4-5,8-9,11H2,1-3H3,(H,19,21). The van der Waals surface area contributed by atoms with Crippen molar-refractivity contribution in [2.75, 3.05) is 24.5 Å². The summed E-state index contributed by atoms with van der Waals surface area (Å²) in [5, 5.41) is 12.8. The molecule has 2 rings (SSSR count). The number of halogens is 1. The molecule has 1 aromatic rings. The molecule has 2 N–H and O–H groups in total. The van der Waals surface area contributed by atoms with Crippen LogP contribution in [0, 0.1) is 11.7 Å². The molecule has 0 bridgehead atoms. The number of rotatable bonds is 5. The lowest BCUT2D eigenvalue weighted by molar-refractivity contribution is 0.0142. The average molecular weight is 308 g/mol. The lowest BCUT2D eigenvalue weighted by atomic mass is 9.92. The summed E-state index contributed by atoms with van der Waals surface area (Å²) < 4.78 is 14.2. The Morgan fingerprint density at radius 3 is 2.59 bits per heavy atom. The van der Waals surface area contributed by atoms with E-state index < -0.39 is 5.60 Å². The third-order valence-corrected chi connectivity index (χ3v) is 4.51. The zero-order chi connectivity index (χ0) is 16.3. The summed E-state index contributed by atoms with van der Waals surface area (Å²) in [6.45, 7) is 7.31. The molecule has 0 aliphatic carbocycles. The Labute approximate surface area is 131 Å². The van der Waals surface area contributed by atoms with Crippen molar-refractivity contribution < 1.29 is 14.3 Å². The Kier molecular flexibility index (Phi) is 5.06. The largest absolute Gasteiger partial charge is 0.388 e. The second kappa shape index (κ2) is 6.65. The van der Waals surface area contributed by atoms with Gasteiger partial charge in [-0.15, -0.1) is 0 Å². The molecule has 1 atom stereocenters. The summed E-state index contributed by atoms with van der Waals surface area (Å²) in [4.78, 5) is 14.1. The third kappa shape index (κ3) is 3.77. The Morgan fingerprint density at radius 2 is 2.05 bits per heavy atom. The number of hydrogen-bond donors (Lipinski definition) is 2. The first-order chi connectivity index (χ1) is 10.3. The van der Waals surface area contributed by atoms with Crippen LogP contribution in [0.3, 0.4) is 0 Å². The smallest absolute Gasteiger partial charge is 0.251 e. The summed E-state index contributed by atoms with van der Waals surface area (Å²) in [5.74, 6) is -0.722. The molecule has 1 aliphatic rings. The maximum atomic E-state index is 14.2. The highest BCUT2D eigenvalue weighted by molar-refractivity contribution is 5.94. The fourth-order valence-electron chi connectivity index (χ4n) is 2.43. The number of carbonyl (C=O) groups is 1. The van der Waals surface area contributed by atoms with E-state index in [0.29, 0.717) is 5.69 Å². The summed E-state index contributed by atoms with van der Waals surface area (Å²) in [5.41, 5.74) is -0.146. The molecule has 1 unspecified atom stereocenters. The number of aliphatic hydroxyl groups is 1. The van der Waals surface area contributed by atoms with Crippen LogP contribution in [0.1, 0.15) is 44.0 Å². The van der Waals surface area contributed by atoms with Gasteiger partial charge in [-0.3, -0.25) is 4.79 Å². The van der Waals surface area contributed by atoms with Crippen molar-refractivity contribution in [3.05, 3.63) is 29.6 Å². The van der Waals surface area contributed by atoms with Crippen LogP contribution in [-0.4, -0.2) is 36.2 Å². The van der Waals surface area contributed by atoms with Gasteiger partial charge >= 0.3 is 0 Å². The molecule has 0 spiro atoms. The van der Waals surface area contributed by atoms with Gasteiger partial charge < -0.3 is 15.3 Å². The van der Waals surface area contributed by atoms with Gasteiger partial charge in [-0.05, 0) is 43.9 Å². The maximum Gasteiger partial charge on any atom is 0.251 e. The fraction of sp³-hybridized carbons (Fsp3) is 0.588. The quantitative estimate of drug-likeness (QED) is 0.879. The van der Waals surface area contributed by atoms with E-state index in [0.717, 1.165) is 25.9 Å². The van der Waals surface area contributed by atoms with Crippen molar-refractivity contribution in [2.45, 2.75) is 39.2 Å². The number of hydrogen-bond acceptors (Lipinski definition) is 3. The molecule has 122 valence electrons. The first-order valence-electron chi connectivity index (χ1n) is 7.86. The predicted molar refractivity (Wildman–Crippen MR) is 85.6 cm³/mol. The van der Waals surface area contributed by atoms with Gasteiger partial charge in [-0.1, -0.05) is 13.8 Å². The van der Waals surface area contributed by atoms with Gasteiger partial charge in [0.2, 0.25) is 0 Å². The zero-order valence-corrected chi connectivity index (χ0v) is 13.5. The number of amides is 1. The molecule has 1 saturated heterocycles. The molecule has 0 saturated carbocycles. The number of anilines is 1. The van der Waals surface area contributed by atoms with Crippen LogP contribution >= 0.6 is 0 Å². The first-order valence-corrected chi connectivity index (χ1v) is 7.86. The van der Waals surface area contributed by atoms with E-state index in [1.807, 2.05) is 18.7 Å². The number of nitrogens with zero attached hydrogens (tertiary/aromatic N) is 1. The predicted octanol–water partition coefficient (Wildman–Crippen LogP) is 2.56. The van der Waals surface area contributed by atoms with Gasteiger partial charge in [0.05, 0.1) is 11.3 Å². The second-order valence-electron chi connectivity index (χ2n) is 6.55. The molecule has 0 radical (unpaired) electrons. The highest BCUT2D eigenvalue weighted by Crippen LogP contribution is 2.24. The van der Waals surface area contributed by atoms with Crippen molar-refractivity contribution >= 4 is 11.6 Å². The van der Waals surface area contributed by atoms with Crippen LogP contribution in [0.4, 0.5) is 10.1 Å². The fourth-order valence-corrected chi connectivity index (χ4v) is 2.43. The highest BCUT2D eigenvalue weighted by Gasteiger charge is 2.26. The molecule has 1 fully saturated rings. The molecule has 4 nitrogen and oxygen atoms in total. The minimum Gasteiger partial charge on any atom is -0.388 e. The van der Waals surface area contributed by atoms with Crippen LogP contribution in [0.15, 0.2) is 18.2 Å². The van der Waals surface area contributed by atoms with E-state index in [1.54, 1.807) is 19.1 Å². The number of nitrogens with one attached hydrogen (secondary N) is 1. The minimum atomic E-state index is -0.982. The molecule has 5 heteroatoms. The van der Waals surface area contributed by atoms with E-state index in [4.69, 9.17) is 0 Å². The number of carbonyl (C=O) groups excluding carboxylic acids is 1. The topological polar surface area (TPSA) is 52.6 Å². The Balaban J connectivity index is 2.03. The number of benzene rings is 1. The van der Waals surface area contributed by atoms with Gasteiger partial charge in [0, 0.05) is 25.2 Å². The summed E-state index contributed by atoms with van der Waals surface area (Å²) in [6.07, 6.45) is 2.15. The van der Waals surface area contributed by atoms with Crippen molar-refractivity contribution in [2.24, 2.45) is 5.92 Å². The monoisotopic (exact) mass is 308 g/mol. The van der Waals surface area contributed by atoms with Crippen molar-refractivity contribution in [1.29, 1.82) is 0 Å². The molecule has 1 aromatic carbocycles. The lowest BCUT2D eigenvalue weighted by Crippen LogP contribution is -2.44. The van der Waals surface area contributed by atoms with Gasteiger partial charge in [0.25, 0.3) is 5.91 Å². The molecule has 1 aliphatic heterocycles. The van der Waals surface area contributed by atoms with E-state index in [1.165, 1.54) is 6.07 Å². The zero-order valence-electron chi connectivity index (χ0n) is 13.5. The maximum absolute atomic E-state index is 14.2. The van der Waals surface area contributed by atoms with E-state index in [2.05, 4.69) is 5.32 Å². The van der Waals surface area contributed by atoms with Crippen LogP contribution < -0.4 is 10.2 Å². The lowest BCUT2D eigenvalue weighted by Gasteiger charge is -2.27. The first kappa shape index (κ1) is 16.7. The molecular formula is C17H25FN2O2. The van der Waals surface area contributed by atoms with Crippen LogP contribution in [0.5, 0.6) is 0 Å².